The minimum atomic E-state index is -3.60. The van der Waals surface area contributed by atoms with Crippen LogP contribution in [0.1, 0.15) is 24.1 Å². The molecule has 2 aliphatic rings. The van der Waals surface area contributed by atoms with Gasteiger partial charge < -0.3 is 9.64 Å². The van der Waals surface area contributed by atoms with Crippen molar-refractivity contribution in [3.8, 4) is 0 Å². The second kappa shape index (κ2) is 8.73. The number of aliphatic imine (C=N–C) groups is 1. The number of ether oxygens (including phenoxy) is 1. The summed E-state index contributed by atoms with van der Waals surface area (Å²) in [6, 6.07) is 9.51. The number of nitrogens with zero attached hydrogens (tertiary/aromatic N) is 3. The molecule has 0 bridgehead atoms. The Balaban J connectivity index is 1.71. The van der Waals surface area contributed by atoms with Gasteiger partial charge in [-0.1, -0.05) is 6.07 Å². The normalized spacial score (nSPS) is 19.4. The van der Waals surface area contributed by atoms with Gasteiger partial charge in [0.25, 0.3) is 0 Å². The van der Waals surface area contributed by atoms with Gasteiger partial charge in [-0.2, -0.15) is 4.31 Å². The van der Waals surface area contributed by atoms with Crippen LogP contribution in [-0.4, -0.2) is 58.3 Å². The molecular formula is C20H25N3O3S2. The molecule has 1 aromatic carbocycles. The minimum Gasteiger partial charge on any atom is -0.379 e. The van der Waals surface area contributed by atoms with E-state index in [9.17, 15) is 8.42 Å². The summed E-state index contributed by atoms with van der Waals surface area (Å²) in [5.41, 5.74) is 1.45. The summed E-state index contributed by atoms with van der Waals surface area (Å²) in [5.74, 6) is 0. The molecule has 2 aliphatic heterocycles. The van der Waals surface area contributed by atoms with Gasteiger partial charge in [0, 0.05) is 37.3 Å². The monoisotopic (exact) mass is 419 g/mol. The van der Waals surface area contributed by atoms with Crippen LogP contribution in [0.4, 0.5) is 11.4 Å². The zero-order valence-electron chi connectivity index (χ0n) is 15.8. The van der Waals surface area contributed by atoms with Gasteiger partial charge in [0.1, 0.15) is 4.90 Å². The highest BCUT2D eigenvalue weighted by Gasteiger charge is 2.30. The molecule has 0 saturated carbocycles. The van der Waals surface area contributed by atoms with E-state index >= 15 is 0 Å². The Bertz CT molecular complexity index is 914. The van der Waals surface area contributed by atoms with E-state index in [2.05, 4.69) is 9.89 Å². The van der Waals surface area contributed by atoms with Crippen LogP contribution in [0, 0.1) is 0 Å². The van der Waals surface area contributed by atoms with E-state index in [0.29, 0.717) is 36.9 Å². The van der Waals surface area contributed by atoms with Crippen LogP contribution in [0.2, 0.25) is 0 Å². The van der Waals surface area contributed by atoms with E-state index in [4.69, 9.17) is 4.74 Å². The van der Waals surface area contributed by atoms with Gasteiger partial charge in [-0.25, -0.2) is 8.42 Å². The van der Waals surface area contributed by atoms with E-state index in [1.807, 2.05) is 29.6 Å². The number of hydrogen-bond acceptors (Lipinski definition) is 6. The summed E-state index contributed by atoms with van der Waals surface area (Å²) in [4.78, 5) is 8.11. The van der Waals surface area contributed by atoms with Crippen LogP contribution in [0.3, 0.4) is 0 Å². The van der Waals surface area contributed by atoms with Crippen LogP contribution in [0.5, 0.6) is 0 Å². The van der Waals surface area contributed by atoms with Crippen molar-refractivity contribution in [2.24, 2.45) is 4.99 Å². The molecule has 0 radical (unpaired) electrons. The highest BCUT2D eigenvalue weighted by molar-refractivity contribution is 7.89. The van der Waals surface area contributed by atoms with Gasteiger partial charge >= 0.3 is 0 Å². The maximum atomic E-state index is 13.4. The summed E-state index contributed by atoms with van der Waals surface area (Å²) in [7, 11) is -3.60. The van der Waals surface area contributed by atoms with Crippen LogP contribution in [0.25, 0.3) is 0 Å². The molecule has 3 heterocycles. The average Bonchev–Trinajstić information content (AvgIpc) is 3.27. The Morgan fingerprint density at radius 2 is 1.82 bits per heavy atom. The largest absolute Gasteiger partial charge is 0.379 e. The van der Waals surface area contributed by atoms with Gasteiger partial charge in [-0.3, -0.25) is 4.99 Å². The Morgan fingerprint density at radius 3 is 2.54 bits per heavy atom. The molecule has 0 unspecified atom stereocenters. The standard InChI is InChI=1S/C20H25N3O3S2/c24-28(25,23-10-12-26-13-11-23)20-15-17(21-16-18-5-4-14-27-18)6-7-19(20)22-8-2-1-3-9-22/h4-7,14-16H,1-3,8-13H2. The number of thiophene rings is 1. The highest BCUT2D eigenvalue weighted by Crippen LogP contribution is 2.33. The number of anilines is 1. The second-order valence-electron chi connectivity index (χ2n) is 6.99. The lowest BCUT2D eigenvalue weighted by Gasteiger charge is -2.32. The molecule has 8 heteroatoms. The summed E-state index contributed by atoms with van der Waals surface area (Å²) < 4.78 is 33.7. The molecule has 4 rings (SSSR count). The number of hydrogen-bond donors (Lipinski definition) is 0. The molecule has 0 aliphatic carbocycles. The first-order chi connectivity index (χ1) is 13.6. The van der Waals surface area contributed by atoms with Gasteiger partial charge in [-0.15, -0.1) is 11.3 Å². The number of morpholine rings is 1. The highest BCUT2D eigenvalue weighted by atomic mass is 32.2. The molecule has 0 spiro atoms. The Kier molecular flexibility index (Phi) is 6.10. The van der Waals surface area contributed by atoms with Crippen LogP contribution >= 0.6 is 11.3 Å². The molecule has 0 N–H and O–H groups in total. The molecular weight excluding hydrogens is 394 g/mol. The van der Waals surface area contributed by atoms with E-state index < -0.39 is 10.0 Å². The maximum Gasteiger partial charge on any atom is 0.245 e. The van der Waals surface area contributed by atoms with E-state index in [1.54, 1.807) is 23.6 Å². The summed E-state index contributed by atoms with van der Waals surface area (Å²) in [6.07, 6.45) is 5.17. The Hall–Kier alpha value is -1.74. The first kappa shape index (κ1) is 19.6. The van der Waals surface area contributed by atoms with Crippen molar-refractivity contribution >= 4 is 38.9 Å². The zero-order valence-corrected chi connectivity index (χ0v) is 17.4. The first-order valence-electron chi connectivity index (χ1n) is 9.69. The predicted octanol–water partition coefficient (Wildman–Crippen LogP) is 3.51. The zero-order chi connectivity index (χ0) is 19.4. The second-order valence-corrected chi connectivity index (χ2v) is 9.88. The van der Waals surface area contributed by atoms with Gasteiger partial charge in [0.05, 0.1) is 24.6 Å². The van der Waals surface area contributed by atoms with Crippen molar-refractivity contribution in [2.45, 2.75) is 24.2 Å². The lowest BCUT2D eigenvalue weighted by Crippen LogP contribution is -2.41. The summed E-state index contributed by atoms with van der Waals surface area (Å²) in [6.45, 7) is 3.45. The van der Waals surface area contributed by atoms with Crippen molar-refractivity contribution in [1.82, 2.24) is 4.31 Å². The fraction of sp³-hybridized carbons (Fsp3) is 0.450. The Labute approximate surface area is 170 Å². The number of benzene rings is 1. The number of sulfonamides is 1. The van der Waals surface area contributed by atoms with Crippen molar-refractivity contribution in [1.29, 1.82) is 0 Å². The van der Waals surface area contributed by atoms with E-state index in [1.165, 1.54) is 10.7 Å². The fourth-order valence-electron chi connectivity index (χ4n) is 3.61. The molecule has 2 aromatic rings. The van der Waals surface area contributed by atoms with Gasteiger partial charge in [-0.05, 0) is 48.9 Å². The molecule has 0 amide bonds. The third kappa shape index (κ3) is 4.30. The maximum absolute atomic E-state index is 13.4. The summed E-state index contributed by atoms with van der Waals surface area (Å²) >= 11 is 1.60. The van der Waals surface area contributed by atoms with Gasteiger partial charge in [0.2, 0.25) is 10.0 Å². The number of rotatable bonds is 5. The van der Waals surface area contributed by atoms with Gasteiger partial charge in [0.15, 0.2) is 0 Å². The van der Waals surface area contributed by atoms with E-state index in [0.717, 1.165) is 36.5 Å². The van der Waals surface area contributed by atoms with Crippen molar-refractivity contribution < 1.29 is 13.2 Å². The fourth-order valence-corrected chi connectivity index (χ4v) is 5.84. The third-order valence-electron chi connectivity index (χ3n) is 5.11. The smallest absolute Gasteiger partial charge is 0.245 e. The van der Waals surface area contributed by atoms with Crippen molar-refractivity contribution in [3.63, 3.8) is 0 Å². The molecule has 28 heavy (non-hydrogen) atoms. The quantitative estimate of drug-likeness (QED) is 0.696. The predicted molar refractivity (Wildman–Crippen MR) is 114 cm³/mol. The number of piperidine rings is 1. The topological polar surface area (TPSA) is 62.2 Å². The molecule has 6 nitrogen and oxygen atoms in total. The summed E-state index contributed by atoms with van der Waals surface area (Å²) in [5, 5.41) is 2.00. The third-order valence-corrected chi connectivity index (χ3v) is 7.85. The minimum absolute atomic E-state index is 0.358. The van der Waals surface area contributed by atoms with Crippen LogP contribution in [0.15, 0.2) is 45.6 Å². The molecule has 1 aromatic heterocycles. The van der Waals surface area contributed by atoms with Crippen molar-refractivity contribution in [3.05, 3.63) is 40.6 Å². The van der Waals surface area contributed by atoms with Crippen LogP contribution < -0.4 is 4.90 Å². The average molecular weight is 420 g/mol. The van der Waals surface area contributed by atoms with Crippen molar-refractivity contribution in [2.75, 3.05) is 44.3 Å². The molecule has 150 valence electrons. The SMILES string of the molecule is O=S(=O)(c1cc(N=Cc2cccs2)ccc1N1CCCCC1)N1CCOCC1. The molecule has 0 atom stereocenters. The Morgan fingerprint density at radius 1 is 1.04 bits per heavy atom. The lowest BCUT2D eigenvalue weighted by molar-refractivity contribution is 0.0730. The lowest BCUT2D eigenvalue weighted by atomic mass is 10.1. The molecule has 2 saturated heterocycles. The first-order valence-corrected chi connectivity index (χ1v) is 12.0. The molecule has 2 fully saturated rings. The van der Waals surface area contributed by atoms with Crippen LogP contribution in [-0.2, 0) is 14.8 Å². The van der Waals surface area contributed by atoms with E-state index in [-0.39, 0.29) is 0 Å².